The molecule has 126 valence electrons. The molecule has 0 fully saturated rings. The molecule has 0 atom stereocenters. The lowest BCUT2D eigenvalue weighted by Gasteiger charge is -2.10. The molecule has 0 aliphatic rings. The third-order valence-corrected chi connectivity index (χ3v) is 3.31. The first-order valence-corrected chi connectivity index (χ1v) is 7.29. The van der Waals surface area contributed by atoms with Crippen molar-refractivity contribution in [2.24, 2.45) is 0 Å². The molecular formula is C16H17N3O5. The Hall–Kier alpha value is -3.16. The molecule has 0 aliphatic carbocycles. The summed E-state index contributed by atoms with van der Waals surface area (Å²) >= 11 is 0. The number of pyridine rings is 1. The number of nitro benzene ring substituents is 1. The fourth-order valence-electron chi connectivity index (χ4n) is 2.11. The second-order valence-corrected chi connectivity index (χ2v) is 5.04. The van der Waals surface area contributed by atoms with Gasteiger partial charge in [-0.3, -0.25) is 19.7 Å². The van der Waals surface area contributed by atoms with Gasteiger partial charge in [0.05, 0.1) is 17.2 Å². The van der Waals surface area contributed by atoms with Crippen molar-refractivity contribution in [2.75, 3.05) is 11.9 Å². The van der Waals surface area contributed by atoms with Crippen LogP contribution in [0.2, 0.25) is 0 Å². The maximum absolute atomic E-state index is 12.2. The Kier molecular flexibility index (Phi) is 5.31. The van der Waals surface area contributed by atoms with Crippen LogP contribution in [-0.2, 0) is 11.3 Å². The van der Waals surface area contributed by atoms with E-state index in [-0.39, 0.29) is 18.0 Å². The molecule has 1 amide bonds. The molecule has 0 saturated carbocycles. The third kappa shape index (κ3) is 3.97. The molecule has 0 saturated heterocycles. The van der Waals surface area contributed by atoms with Crippen molar-refractivity contribution in [3.8, 4) is 5.75 Å². The molecule has 1 heterocycles. The molecule has 0 bridgehead atoms. The maximum Gasteiger partial charge on any atom is 0.293 e. The Morgan fingerprint density at radius 3 is 2.79 bits per heavy atom. The van der Waals surface area contributed by atoms with Gasteiger partial charge in [-0.25, -0.2) is 0 Å². The fraction of sp³-hybridized carbons (Fsp3) is 0.250. The summed E-state index contributed by atoms with van der Waals surface area (Å²) in [4.78, 5) is 34.6. The summed E-state index contributed by atoms with van der Waals surface area (Å²) in [7, 11) is 0. The average molecular weight is 331 g/mol. The van der Waals surface area contributed by atoms with Crippen LogP contribution in [0.25, 0.3) is 0 Å². The summed E-state index contributed by atoms with van der Waals surface area (Å²) in [6, 6.07) is 7.34. The van der Waals surface area contributed by atoms with Gasteiger partial charge in [0.2, 0.25) is 5.91 Å². The highest BCUT2D eigenvalue weighted by Gasteiger charge is 2.12. The van der Waals surface area contributed by atoms with E-state index in [4.69, 9.17) is 4.74 Å². The highest BCUT2D eigenvalue weighted by Crippen LogP contribution is 2.21. The van der Waals surface area contributed by atoms with Crippen LogP contribution in [0.4, 0.5) is 11.4 Å². The lowest BCUT2D eigenvalue weighted by molar-refractivity contribution is -0.384. The van der Waals surface area contributed by atoms with Gasteiger partial charge in [-0.2, -0.15) is 0 Å². The van der Waals surface area contributed by atoms with Gasteiger partial charge in [0.25, 0.3) is 11.2 Å². The minimum absolute atomic E-state index is 0.119. The summed E-state index contributed by atoms with van der Waals surface area (Å²) in [5.41, 5.74) is 0.490. The molecule has 2 aromatic rings. The topological polar surface area (TPSA) is 103 Å². The number of amides is 1. The van der Waals surface area contributed by atoms with E-state index in [0.717, 1.165) is 0 Å². The summed E-state index contributed by atoms with van der Waals surface area (Å²) in [5, 5.41) is 13.4. The minimum atomic E-state index is -0.537. The number of ether oxygens (including phenoxy) is 1. The average Bonchev–Trinajstić information content (AvgIpc) is 2.53. The number of nitrogens with zero attached hydrogens (tertiary/aromatic N) is 2. The number of nitro groups is 1. The number of carbonyl (C=O) groups is 1. The van der Waals surface area contributed by atoms with E-state index in [9.17, 15) is 19.7 Å². The number of anilines is 1. The fourth-order valence-corrected chi connectivity index (χ4v) is 2.11. The molecule has 24 heavy (non-hydrogen) atoms. The van der Waals surface area contributed by atoms with Crippen molar-refractivity contribution in [3.05, 3.63) is 62.6 Å². The van der Waals surface area contributed by atoms with Crippen molar-refractivity contribution in [2.45, 2.75) is 20.4 Å². The van der Waals surface area contributed by atoms with Gasteiger partial charge in [-0.1, -0.05) is 6.07 Å². The van der Waals surface area contributed by atoms with Crippen molar-refractivity contribution in [1.82, 2.24) is 4.57 Å². The first-order chi connectivity index (χ1) is 11.4. The van der Waals surface area contributed by atoms with Gasteiger partial charge in [0, 0.05) is 18.3 Å². The van der Waals surface area contributed by atoms with E-state index in [1.807, 2.05) is 0 Å². The zero-order valence-corrected chi connectivity index (χ0v) is 13.3. The van der Waals surface area contributed by atoms with E-state index in [0.29, 0.717) is 17.9 Å². The Morgan fingerprint density at radius 2 is 2.12 bits per heavy atom. The highest BCUT2D eigenvalue weighted by molar-refractivity contribution is 5.91. The number of benzene rings is 1. The van der Waals surface area contributed by atoms with Crippen LogP contribution < -0.4 is 15.6 Å². The van der Waals surface area contributed by atoms with Crippen LogP contribution in [0.5, 0.6) is 5.75 Å². The van der Waals surface area contributed by atoms with Crippen LogP contribution in [0.3, 0.4) is 0 Å². The summed E-state index contributed by atoms with van der Waals surface area (Å²) in [5.74, 6) is -0.298. The Bertz CT molecular complexity index is 829. The molecule has 0 unspecified atom stereocenters. The first-order valence-electron chi connectivity index (χ1n) is 7.29. The van der Waals surface area contributed by atoms with Gasteiger partial charge in [0.15, 0.2) is 5.75 Å². The van der Waals surface area contributed by atoms with Crippen molar-refractivity contribution >= 4 is 17.3 Å². The molecule has 0 aliphatic heterocycles. The zero-order chi connectivity index (χ0) is 17.7. The largest absolute Gasteiger partial charge is 0.488 e. The summed E-state index contributed by atoms with van der Waals surface area (Å²) < 4.78 is 6.41. The zero-order valence-electron chi connectivity index (χ0n) is 13.3. The Labute approximate surface area is 137 Å². The number of non-ortho nitro benzene ring substituents is 1. The van der Waals surface area contributed by atoms with E-state index in [2.05, 4.69) is 5.32 Å². The van der Waals surface area contributed by atoms with Crippen molar-refractivity contribution in [1.29, 1.82) is 0 Å². The van der Waals surface area contributed by atoms with Crippen molar-refractivity contribution < 1.29 is 14.5 Å². The first kappa shape index (κ1) is 17.2. The Morgan fingerprint density at radius 1 is 1.38 bits per heavy atom. The number of hydrogen-bond acceptors (Lipinski definition) is 5. The van der Waals surface area contributed by atoms with Gasteiger partial charge in [-0.15, -0.1) is 0 Å². The molecule has 2 rings (SSSR count). The molecule has 1 N–H and O–H groups in total. The lowest BCUT2D eigenvalue weighted by atomic mass is 10.2. The number of aromatic nitrogens is 1. The van der Waals surface area contributed by atoms with Gasteiger partial charge in [-0.05, 0) is 31.5 Å². The van der Waals surface area contributed by atoms with Crippen LogP contribution >= 0.6 is 0 Å². The van der Waals surface area contributed by atoms with Gasteiger partial charge >= 0.3 is 0 Å². The van der Waals surface area contributed by atoms with Crippen LogP contribution in [-0.4, -0.2) is 22.0 Å². The summed E-state index contributed by atoms with van der Waals surface area (Å²) in [6.45, 7) is 3.61. The molecule has 8 heteroatoms. The number of rotatable bonds is 6. The summed E-state index contributed by atoms with van der Waals surface area (Å²) in [6.07, 6.45) is 1.48. The van der Waals surface area contributed by atoms with Crippen molar-refractivity contribution in [3.63, 3.8) is 0 Å². The number of aryl methyl sites for hydroxylation is 1. The van der Waals surface area contributed by atoms with Crippen LogP contribution in [0, 0.1) is 17.0 Å². The highest BCUT2D eigenvalue weighted by atomic mass is 16.6. The molecule has 8 nitrogen and oxygen atoms in total. The number of nitrogens with one attached hydrogen (secondary N) is 1. The maximum atomic E-state index is 12.2. The van der Waals surface area contributed by atoms with Crippen LogP contribution in [0.15, 0.2) is 41.3 Å². The predicted molar refractivity (Wildman–Crippen MR) is 88.3 cm³/mol. The SMILES string of the molecule is CCOc1cccn(CC(=O)Nc2cc([N+](=O)[O-])ccc2C)c1=O. The molecule has 1 aromatic carbocycles. The minimum Gasteiger partial charge on any atom is -0.488 e. The molecule has 0 spiro atoms. The monoisotopic (exact) mass is 331 g/mol. The normalized spacial score (nSPS) is 10.2. The van der Waals surface area contributed by atoms with E-state index < -0.39 is 16.4 Å². The quantitative estimate of drug-likeness (QED) is 0.645. The van der Waals surface area contributed by atoms with Crippen LogP contribution in [0.1, 0.15) is 12.5 Å². The number of carbonyl (C=O) groups excluding carboxylic acids is 1. The van der Waals surface area contributed by atoms with Gasteiger partial charge < -0.3 is 14.6 Å². The smallest absolute Gasteiger partial charge is 0.293 e. The molecular weight excluding hydrogens is 314 g/mol. The van der Waals surface area contributed by atoms with E-state index >= 15 is 0 Å². The van der Waals surface area contributed by atoms with E-state index in [1.54, 1.807) is 26.0 Å². The second-order valence-electron chi connectivity index (χ2n) is 5.04. The lowest BCUT2D eigenvalue weighted by Crippen LogP contribution is -2.28. The second kappa shape index (κ2) is 7.40. The predicted octanol–water partition coefficient (Wildman–Crippen LogP) is 2.10. The Balaban J connectivity index is 2.17. The third-order valence-electron chi connectivity index (χ3n) is 3.31. The standard InChI is InChI=1S/C16H17N3O5/c1-3-24-14-5-4-8-18(16(14)21)10-15(20)17-13-9-12(19(22)23)7-6-11(13)2/h4-9H,3,10H2,1-2H3,(H,17,20). The van der Waals surface area contributed by atoms with E-state index in [1.165, 1.54) is 29.0 Å². The molecule has 1 aromatic heterocycles. The number of hydrogen-bond donors (Lipinski definition) is 1. The molecule has 0 radical (unpaired) electrons. The van der Waals surface area contributed by atoms with Gasteiger partial charge in [0.1, 0.15) is 6.54 Å².